The van der Waals surface area contributed by atoms with E-state index in [1.54, 1.807) is 18.6 Å². The van der Waals surface area contributed by atoms with E-state index in [9.17, 15) is 4.79 Å². The molecule has 0 bridgehead atoms. The number of aromatic nitrogens is 4. The highest BCUT2D eigenvalue weighted by molar-refractivity contribution is 7.09. The molecule has 0 aromatic carbocycles. The third-order valence-corrected chi connectivity index (χ3v) is 2.49. The van der Waals surface area contributed by atoms with Crippen LogP contribution < -0.4 is 5.32 Å². The Balaban J connectivity index is 1.93. The molecule has 0 radical (unpaired) electrons. The molecule has 0 saturated heterocycles. The van der Waals surface area contributed by atoms with Gasteiger partial charge in [-0.3, -0.25) is 14.9 Å². The highest BCUT2D eigenvalue weighted by atomic mass is 32.1. The molecule has 0 aliphatic heterocycles. The lowest BCUT2D eigenvalue weighted by Gasteiger charge is -1.98. The number of aromatic amines is 1. The Morgan fingerprint density at radius 1 is 1.67 bits per heavy atom. The molecular weight excluding hydrogens is 214 g/mol. The van der Waals surface area contributed by atoms with Gasteiger partial charge in [0.1, 0.15) is 5.82 Å². The molecule has 1 amide bonds. The van der Waals surface area contributed by atoms with Gasteiger partial charge in [-0.25, -0.2) is 4.98 Å². The SMILES string of the molecule is Cc1nc(C(=O)NCc2cncs2)n[nH]1. The van der Waals surface area contributed by atoms with Gasteiger partial charge in [0.05, 0.1) is 12.1 Å². The van der Waals surface area contributed by atoms with Crippen LogP contribution >= 0.6 is 11.3 Å². The molecule has 0 saturated carbocycles. The number of hydrogen-bond acceptors (Lipinski definition) is 5. The number of H-pyrrole nitrogens is 1. The van der Waals surface area contributed by atoms with Crippen LogP contribution in [-0.2, 0) is 6.54 Å². The van der Waals surface area contributed by atoms with Crippen molar-refractivity contribution in [2.24, 2.45) is 0 Å². The van der Waals surface area contributed by atoms with E-state index in [2.05, 4.69) is 25.5 Å². The van der Waals surface area contributed by atoms with E-state index in [1.807, 2.05) is 0 Å². The molecule has 0 unspecified atom stereocenters. The van der Waals surface area contributed by atoms with Crippen molar-refractivity contribution in [1.82, 2.24) is 25.5 Å². The van der Waals surface area contributed by atoms with Crippen LogP contribution in [0.3, 0.4) is 0 Å². The van der Waals surface area contributed by atoms with Crippen LogP contribution in [0.5, 0.6) is 0 Å². The van der Waals surface area contributed by atoms with Crippen LogP contribution in [0.2, 0.25) is 0 Å². The number of nitrogens with one attached hydrogen (secondary N) is 2. The second-order valence-electron chi connectivity index (χ2n) is 2.89. The number of carbonyl (C=O) groups is 1. The highest BCUT2D eigenvalue weighted by Crippen LogP contribution is 2.04. The van der Waals surface area contributed by atoms with Crippen molar-refractivity contribution >= 4 is 17.2 Å². The molecule has 0 spiro atoms. The Hall–Kier alpha value is -1.76. The monoisotopic (exact) mass is 223 g/mol. The van der Waals surface area contributed by atoms with E-state index in [0.717, 1.165) is 4.88 Å². The summed E-state index contributed by atoms with van der Waals surface area (Å²) in [5.74, 6) is 0.503. The molecule has 0 aliphatic rings. The Morgan fingerprint density at radius 2 is 2.53 bits per heavy atom. The maximum Gasteiger partial charge on any atom is 0.291 e. The van der Waals surface area contributed by atoms with E-state index >= 15 is 0 Å². The second-order valence-corrected chi connectivity index (χ2v) is 3.87. The van der Waals surface area contributed by atoms with Gasteiger partial charge in [-0.1, -0.05) is 0 Å². The zero-order valence-electron chi connectivity index (χ0n) is 8.02. The van der Waals surface area contributed by atoms with Gasteiger partial charge >= 0.3 is 0 Å². The fourth-order valence-corrected chi connectivity index (χ4v) is 1.55. The van der Waals surface area contributed by atoms with Crippen LogP contribution in [0.1, 0.15) is 21.3 Å². The number of nitrogens with zero attached hydrogens (tertiary/aromatic N) is 3. The summed E-state index contributed by atoms with van der Waals surface area (Å²) >= 11 is 1.49. The lowest BCUT2D eigenvalue weighted by molar-refractivity contribution is 0.0941. The highest BCUT2D eigenvalue weighted by Gasteiger charge is 2.10. The first-order valence-corrected chi connectivity index (χ1v) is 5.18. The van der Waals surface area contributed by atoms with Crippen molar-refractivity contribution in [2.45, 2.75) is 13.5 Å². The van der Waals surface area contributed by atoms with Gasteiger partial charge in [0.25, 0.3) is 5.91 Å². The summed E-state index contributed by atoms with van der Waals surface area (Å²) in [6.07, 6.45) is 1.72. The fourth-order valence-electron chi connectivity index (χ4n) is 1.02. The quantitative estimate of drug-likeness (QED) is 0.793. The third kappa shape index (κ3) is 2.38. The number of amides is 1. The summed E-state index contributed by atoms with van der Waals surface area (Å²) < 4.78 is 0. The largest absolute Gasteiger partial charge is 0.344 e. The van der Waals surface area contributed by atoms with Gasteiger partial charge < -0.3 is 5.32 Å². The maximum atomic E-state index is 11.5. The first-order chi connectivity index (χ1) is 7.25. The summed E-state index contributed by atoms with van der Waals surface area (Å²) in [4.78, 5) is 20.3. The third-order valence-electron chi connectivity index (χ3n) is 1.71. The number of aryl methyl sites for hydroxylation is 1. The van der Waals surface area contributed by atoms with E-state index < -0.39 is 0 Å². The number of hydrogen-bond donors (Lipinski definition) is 2. The molecule has 0 fully saturated rings. The van der Waals surface area contributed by atoms with E-state index in [1.165, 1.54) is 11.3 Å². The summed E-state index contributed by atoms with van der Waals surface area (Å²) in [6.45, 7) is 2.20. The molecule has 78 valence electrons. The van der Waals surface area contributed by atoms with Crippen molar-refractivity contribution in [1.29, 1.82) is 0 Å². The maximum absolute atomic E-state index is 11.5. The summed E-state index contributed by atoms with van der Waals surface area (Å²) in [5.41, 5.74) is 1.72. The Kier molecular flexibility index (Phi) is 2.72. The number of rotatable bonds is 3. The molecule has 15 heavy (non-hydrogen) atoms. The topological polar surface area (TPSA) is 83.6 Å². The lowest BCUT2D eigenvalue weighted by atomic mass is 10.5. The van der Waals surface area contributed by atoms with Crippen molar-refractivity contribution in [3.63, 3.8) is 0 Å². The standard InChI is InChI=1S/C8H9N5OS/c1-5-11-7(13-12-5)8(14)10-3-6-2-9-4-15-6/h2,4H,3H2,1H3,(H,10,14)(H,11,12,13). The van der Waals surface area contributed by atoms with Gasteiger partial charge in [-0.15, -0.1) is 16.4 Å². The zero-order valence-corrected chi connectivity index (χ0v) is 8.84. The average Bonchev–Trinajstić information content (AvgIpc) is 2.84. The minimum absolute atomic E-state index is 0.164. The smallest absolute Gasteiger partial charge is 0.291 e. The second kappa shape index (κ2) is 4.18. The molecule has 6 nitrogen and oxygen atoms in total. The number of thiazole rings is 1. The van der Waals surface area contributed by atoms with E-state index in [0.29, 0.717) is 12.4 Å². The molecule has 2 rings (SSSR count). The van der Waals surface area contributed by atoms with Crippen LogP contribution in [-0.4, -0.2) is 26.1 Å². The minimum Gasteiger partial charge on any atom is -0.344 e. The summed E-state index contributed by atoms with van der Waals surface area (Å²) in [7, 11) is 0. The molecule has 2 N–H and O–H groups in total. The number of carbonyl (C=O) groups excluding carboxylic acids is 1. The molecule has 2 heterocycles. The molecule has 0 atom stereocenters. The Labute approximate surface area is 89.8 Å². The summed E-state index contributed by atoms with van der Waals surface area (Å²) in [6, 6.07) is 0. The van der Waals surface area contributed by atoms with Crippen LogP contribution in [0.4, 0.5) is 0 Å². The van der Waals surface area contributed by atoms with Gasteiger partial charge in [0.2, 0.25) is 5.82 Å². The Morgan fingerprint density at radius 3 is 3.13 bits per heavy atom. The summed E-state index contributed by atoms with van der Waals surface area (Å²) in [5, 5.41) is 9.07. The minimum atomic E-state index is -0.284. The van der Waals surface area contributed by atoms with E-state index in [4.69, 9.17) is 0 Å². The molecule has 2 aromatic rings. The fraction of sp³-hybridized carbons (Fsp3) is 0.250. The normalized spacial score (nSPS) is 10.2. The van der Waals surface area contributed by atoms with Crippen molar-refractivity contribution in [3.8, 4) is 0 Å². The van der Waals surface area contributed by atoms with E-state index in [-0.39, 0.29) is 11.7 Å². The van der Waals surface area contributed by atoms with Crippen LogP contribution in [0.15, 0.2) is 11.7 Å². The molecule has 7 heteroatoms. The van der Waals surface area contributed by atoms with Crippen molar-refractivity contribution in [2.75, 3.05) is 0 Å². The zero-order chi connectivity index (χ0) is 10.7. The predicted octanol–water partition coefficient (Wildman–Crippen LogP) is 0.500. The van der Waals surface area contributed by atoms with Crippen molar-refractivity contribution in [3.05, 3.63) is 28.2 Å². The molecule has 0 aliphatic carbocycles. The molecule has 2 aromatic heterocycles. The van der Waals surface area contributed by atoms with Crippen molar-refractivity contribution < 1.29 is 4.79 Å². The first-order valence-electron chi connectivity index (χ1n) is 4.30. The van der Waals surface area contributed by atoms with Gasteiger partial charge in [0.15, 0.2) is 0 Å². The van der Waals surface area contributed by atoms with Gasteiger partial charge in [-0.05, 0) is 6.92 Å². The Bertz CT molecular complexity index is 449. The lowest BCUT2D eigenvalue weighted by Crippen LogP contribution is -2.23. The van der Waals surface area contributed by atoms with Crippen LogP contribution in [0, 0.1) is 6.92 Å². The predicted molar refractivity (Wildman–Crippen MR) is 54.4 cm³/mol. The average molecular weight is 223 g/mol. The van der Waals surface area contributed by atoms with Gasteiger partial charge in [0, 0.05) is 11.1 Å². The van der Waals surface area contributed by atoms with Gasteiger partial charge in [-0.2, -0.15) is 0 Å². The molecular formula is C8H9N5OS. The van der Waals surface area contributed by atoms with Crippen LogP contribution in [0.25, 0.3) is 0 Å². The first kappa shape index (κ1) is 9.78.